The Labute approximate surface area is 119 Å². The zero-order chi connectivity index (χ0) is 13.3. The first-order chi connectivity index (χ1) is 8.52. The number of rotatable bonds is 3. The van der Waals surface area contributed by atoms with Gasteiger partial charge in [0.1, 0.15) is 5.58 Å². The maximum atomic E-state index is 12.2. The highest BCUT2D eigenvalue weighted by Gasteiger charge is 2.20. The topological polar surface area (TPSA) is 59.5 Å². The minimum absolute atomic E-state index is 0. The molecule has 0 spiro atoms. The van der Waals surface area contributed by atoms with Gasteiger partial charge in [0, 0.05) is 25.0 Å². The lowest BCUT2D eigenvalue weighted by Crippen LogP contribution is -2.39. The van der Waals surface area contributed by atoms with E-state index in [9.17, 15) is 4.79 Å². The van der Waals surface area contributed by atoms with E-state index in [0.717, 1.165) is 16.5 Å². The molecule has 0 bridgehead atoms. The average Bonchev–Trinajstić information content (AvgIpc) is 2.78. The molecule has 0 saturated carbocycles. The van der Waals surface area contributed by atoms with Crippen molar-refractivity contribution in [2.75, 3.05) is 13.6 Å². The van der Waals surface area contributed by atoms with Gasteiger partial charge in [-0.2, -0.15) is 0 Å². The quantitative estimate of drug-likeness (QED) is 0.941. The van der Waals surface area contributed by atoms with Gasteiger partial charge in [0.25, 0.3) is 5.91 Å². The predicted octanol–water partition coefficient (Wildman–Crippen LogP) is 2.58. The molecule has 1 heterocycles. The summed E-state index contributed by atoms with van der Waals surface area (Å²) < 4.78 is 5.57. The first kappa shape index (κ1) is 15.5. The van der Waals surface area contributed by atoms with E-state index in [1.165, 1.54) is 0 Å². The lowest BCUT2D eigenvalue weighted by molar-refractivity contribution is 0.0718. The van der Waals surface area contributed by atoms with Crippen molar-refractivity contribution < 1.29 is 9.21 Å². The Morgan fingerprint density at radius 2 is 2.11 bits per heavy atom. The summed E-state index contributed by atoms with van der Waals surface area (Å²) in [5.74, 6) is 0.222. The number of furan rings is 1. The van der Waals surface area contributed by atoms with E-state index < -0.39 is 0 Å². The van der Waals surface area contributed by atoms with Crippen LogP contribution in [0.2, 0.25) is 0 Å². The van der Waals surface area contributed by atoms with Crippen molar-refractivity contribution in [2.45, 2.75) is 19.9 Å². The van der Waals surface area contributed by atoms with Gasteiger partial charge in [0.05, 0.1) is 0 Å². The summed E-state index contributed by atoms with van der Waals surface area (Å²) in [5.41, 5.74) is 7.44. The molecular weight excluding hydrogens is 264 g/mol. The molecule has 0 saturated heterocycles. The summed E-state index contributed by atoms with van der Waals surface area (Å²) >= 11 is 0. The molecule has 0 aliphatic rings. The van der Waals surface area contributed by atoms with Crippen LogP contribution >= 0.6 is 12.4 Å². The third-order valence-electron chi connectivity index (χ3n) is 3.21. The molecule has 2 aromatic rings. The molecule has 1 aromatic heterocycles. The number of nitrogens with zero attached hydrogens (tertiary/aromatic N) is 1. The standard InChI is InChI=1S/C14H18N2O2.ClH/c1-9-4-5-12-11(6-9)7-13(18-12)14(17)16(3)10(2)8-15;/h4-7,10H,8,15H2,1-3H3;1H. The molecule has 1 amide bonds. The Kier molecular flexibility index (Phi) is 4.97. The maximum Gasteiger partial charge on any atom is 0.289 e. The van der Waals surface area contributed by atoms with E-state index >= 15 is 0 Å². The minimum atomic E-state index is -0.137. The van der Waals surface area contributed by atoms with Crippen LogP contribution in [0.15, 0.2) is 28.7 Å². The molecule has 104 valence electrons. The average molecular weight is 283 g/mol. The van der Waals surface area contributed by atoms with Crippen LogP contribution in [0, 0.1) is 6.92 Å². The first-order valence-corrected chi connectivity index (χ1v) is 6.00. The number of amides is 1. The van der Waals surface area contributed by atoms with Crippen LogP contribution in [-0.2, 0) is 0 Å². The zero-order valence-corrected chi connectivity index (χ0v) is 12.2. The number of aryl methyl sites for hydroxylation is 1. The van der Waals surface area contributed by atoms with Gasteiger partial charge < -0.3 is 15.1 Å². The van der Waals surface area contributed by atoms with Gasteiger partial charge in [-0.1, -0.05) is 11.6 Å². The SMILES string of the molecule is Cc1ccc2oc(C(=O)N(C)C(C)CN)cc2c1.Cl. The van der Waals surface area contributed by atoms with E-state index in [-0.39, 0.29) is 24.4 Å². The molecule has 0 aliphatic carbocycles. The van der Waals surface area contributed by atoms with Crippen molar-refractivity contribution in [3.8, 4) is 0 Å². The van der Waals surface area contributed by atoms with Crippen molar-refractivity contribution in [1.29, 1.82) is 0 Å². The van der Waals surface area contributed by atoms with Gasteiger partial charge in [0.15, 0.2) is 5.76 Å². The number of hydrogen-bond acceptors (Lipinski definition) is 3. The smallest absolute Gasteiger partial charge is 0.289 e. The Morgan fingerprint density at radius 1 is 1.42 bits per heavy atom. The molecule has 2 rings (SSSR count). The fraction of sp³-hybridized carbons (Fsp3) is 0.357. The van der Waals surface area contributed by atoms with Crippen LogP contribution in [0.4, 0.5) is 0 Å². The third kappa shape index (κ3) is 3.08. The zero-order valence-electron chi connectivity index (χ0n) is 11.3. The molecule has 1 atom stereocenters. The lowest BCUT2D eigenvalue weighted by Gasteiger charge is -2.22. The van der Waals surface area contributed by atoms with Crippen LogP contribution in [0.1, 0.15) is 23.0 Å². The molecule has 19 heavy (non-hydrogen) atoms. The number of carbonyl (C=O) groups excluding carboxylic acids is 1. The number of carbonyl (C=O) groups is 1. The fourth-order valence-electron chi connectivity index (χ4n) is 1.80. The normalized spacial score (nSPS) is 12.0. The Bertz CT molecular complexity index is 580. The second-order valence-electron chi connectivity index (χ2n) is 4.65. The van der Waals surface area contributed by atoms with E-state index in [1.54, 1.807) is 18.0 Å². The number of hydrogen-bond donors (Lipinski definition) is 1. The van der Waals surface area contributed by atoms with E-state index in [4.69, 9.17) is 10.2 Å². The largest absolute Gasteiger partial charge is 0.451 e. The highest BCUT2D eigenvalue weighted by molar-refractivity contribution is 5.96. The monoisotopic (exact) mass is 282 g/mol. The number of nitrogens with two attached hydrogens (primary N) is 1. The van der Waals surface area contributed by atoms with Crippen LogP contribution in [0.3, 0.4) is 0 Å². The lowest BCUT2D eigenvalue weighted by atomic mass is 10.2. The first-order valence-electron chi connectivity index (χ1n) is 6.00. The molecule has 0 fully saturated rings. The minimum Gasteiger partial charge on any atom is -0.451 e. The molecule has 5 heteroatoms. The molecular formula is C14H19ClN2O2. The molecule has 1 unspecified atom stereocenters. The van der Waals surface area contributed by atoms with Gasteiger partial charge in [-0.3, -0.25) is 4.79 Å². The van der Waals surface area contributed by atoms with E-state index in [1.807, 2.05) is 32.0 Å². The highest BCUT2D eigenvalue weighted by Crippen LogP contribution is 2.21. The number of halogens is 1. The molecule has 0 radical (unpaired) electrons. The van der Waals surface area contributed by atoms with E-state index in [0.29, 0.717) is 12.3 Å². The van der Waals surface area contributed by atoms with Crippen molar-refractivity contribution in [2.24, 2.45) is 5.73 Å². The van der Waals surface area contributed by atoms with Crippen molar-refractivity contribution in [1.82, 2.24) is 4.90 Å². The van der Waals surface area contributed by atoms with Gasteiger partial charge >= 0.3 is 0 Å². The van der Waals surface area contributed by atoms with Crippen LogP contribution in [0.5, 0.6) is 0 Å². The molecule has 2 N–H and O–H groups in total. The van der Waals surface area contributed by atoms with Gasteiger partial charge in [-0.05, 0) is 32.0 Å². The Hall–Kier alpha value is -1.52. The summed E-state index contributed by atoms with van der Waals surface area (Å²) in [6.07, 6.45) is 0. The van der Waals surface area contributed by atoms with E-state index in [2.05, 4.69) is 0 Å². The number of benzene rings is 1. The van der Waals surface area contributed by atoms with Crippen LogP contribution < -0.4 is 5.73 Å². The predicted molar refractivity (Wildman–Crippen MR) is 78.8 cm³/mol. The second-order valence-corrected chi connectivity index (χ2v) is 4.65. The molecule has 1 aromatic carbocycles. The van der Waals surface area contributed by atoms with Crippen molar-refractivity contribution >= 4 is 29.3 Å². The summed E-state index contributed by atoms with van der Waals surface area (Å²) in [7, 11) is 1.73. The highest BCUT2D eigenvalue weighted by atomic mass is 35.5. The van der Waals surface area contributed by atoms with Crippen LogP contribution in [-0.4, -0.2) is 30.4 Å². The Morgan fingerprint density at radius 3 is 2.74 bits per heavy atom. The summed E-state index contributed by atoms with van der Waals surface area (Å²) in [6.45, 7) is 4.35. The number of fused-ring (bicyclic) bond motifs is 1. The maximum absolute atomic E-state index is 12.2. The molecule has 0 aliphatic heterocycles. The van der Waals surface area contributed by atoms with Gasteiger partial charge in [0.2, 0.25) is 0 Å². The fourth-order valence-corrected chi connectivity index (χ4v) is 1.80. The third-order valence-corrected chi connectivity index (χ3v) is 3.21. The van der Waals surface area contributed by atoms with Gasteiger partial charge in [-0.25, -0.2) is 0 Å². The second kappa shape index (κ2) is 6.08. The van der Waals surface area contributed by atoms with Gasteiger partial charge in [-0.15, -0.1) is 12.4 Å². The molecule has 4 nitrogen and oxygen atoms in total. The van der Waals surface area contributed by atoms with Crippen LogP contribution in [0.25, 0.3) is 11.0 Å². The summed E-state index contributed by atoms with van der Waals surface area (Å²) in [5, 5.41) is 0.951. The number of likely N-dealkylation sites (N-methyl/N-ethyl adjacent to an activating group) is 1. The van der Waals surface area contributed by atoms with Crippen molar-refractivity contribution in [3.63, 3.8) is 0 Å². The van der Waals surface area contributed by atoms with Crippen molar-refractivity contribution in [3.05, 3.63) is 35.6 Å². The summed E-state index contributed by atoms with van der Waals surface area (Å²) in [4.78, 5) is 13.8. The summed E-state index contributed by atoms with van der Waals surface area (Å²) in [6, 6.07) is 7.62. The Balaban J connectivity index is 0.00000180.